The van der Waals surface area contributed by atoms with Gasteiger partial charge in [-0.1, -0.05) is 22.0 Å². The summed E-state index contributed by atoms with van der Waals surface area (Å²) in [6.07, 6.45) is 1.96. The molecule has 0 saturated heterocycles. The number of nitrogens with one attached hydrogen (secondary N) is 1. The molecule has 2 rings (SSSR count). The number of halogens is 1. The maximum atomic E-state index is 12.5. The Balaban J connectivity index is 2.15. The maximum absolute atomic E-state index is 12.5. The van der Waals surface area contributed by atoms with Crippen LogP contribution in [0.4, 0.5) is 0 Å². The van der Waals surface area contributed by atoms with E-state index in [1.54, 1.807) is 25.1 Å². The molecule has 0 heterocycles. The van der Waals surface area contributed by atoms with Gasteiger partial charge in [0.15, 0.2) is 0 Å². The number of rotatable bonds is 5. The summed E-state index contributed by atoms with van der Waals surface area (Å²) in [7, 11) is -2.24. The fourth-order valence-corrected chi connectivity index (χ4v) is 3.69. The number of carbonyl (C=O) groups is 1. The molecule has 0 spiro atoms. The molecule has 20 heavy (non-hydrogen) atoms. The second-order valence-corrected chi connectivity index (χ2v) is 7.94. The quantitative estimate of drug-likeness (QED) is 0.868. The van der Waals surface area contributed by atoms with Crippen LogP contribution in [0.5, 0.6) is 0 Å². The lowest BCUT2D eigenvalue weighted by Gasteiger charge is -2.18. The van der Waals surface area contributed by atoms with Crippen LogP contribution in [0.2, 0.25) is 0 Å². The third kappa shape index (κ3) is 3.59. The van der Waals surface area contributed by atoms with Gasteiger partial charge in [0.25, 0.3) is 0 Å². The fraction of sp³-hybridized carbons (Fsp3) is 0.462. The SMILES string of the molecule is Cc1ccc(Br)cc1S(=O)(=O)N(C)CC(=O)NC1CC1. The highest BCUT2D eigenvalue weighted by Crippen LogP contribution is 2.23. The molecule has 1 fully saturated rings. The Bertz CT molecular complexity index is 627. The Morgan fingerprint density at radius 2 is 2.10 bits per heavy atom. The van der Waals surface area contributed by atoms with Crippen LogP contribution in [-0.2, 0) is 14.8 Å². The number of hydrogen-bond donors (Lipinski definition) is 1. The van der Waals surface area contributed by atoms with Crippen molar-refractivity contribution >= 4 is 31.9 Å². The fourth-order valence-electron chi connectivity index (χ4n) is 1.81. The van der Waals surface area contributed by atoms with E-state index >= 15 is 0 Å². The highest BCUT2D eigenvalue weighted by molar-refractivity contribution is 9.10. The molecule has 1 aromatic rings. The Kier molecular flexibility index (Phi) is 4.51. The van der Waals surface area contributed by atoms with E-state index in [1.165, 1.54) is 7.05 Å². The van der Waals surface area contributed by atoms with Gasteiger partial charge in [-0.15, -0.1) is 0 Å². The van der Waals surface area contributed by atoms with Crippen LogP contribution in [0, 0.1) is 6.92 Å². The van der Waals surface area contributed by atoms with Gasteiger partial charge in [0, 0.05) is 17.6 Å². The van der Waals surface area contributed by atoms with E-state index in [2.05, 4.69) is 21.2 Å². The van der Waals surface area contributed by atoms with Crippen LogP contribution in [0.25, 0.3) is 0 Å². The summed E-state index contributed by atoms with van der Waals surface area (Å²) in [6.45, 7) is 1.57. The molecule has 0 unspecified atom stereocenters. The monoisotopic (exact) mass is 360 g/mol. The third-order valence-electron chi connectivity index (χ3n) is 3.15. The molecular formula is C13H17BrN2O3S. The lowest BCUT2D eigenvalue weighted by atomic mass is 10.2. The summed E-state index contributed by atoms with van der Waals surface area (Å²) in [5.41, 5.74) is 0.655. The summed E-state index contributed by atoms with van der Waals surface area (Å²) in [5.74, 6) is -0.258. The predicted octanol–water partition coefficient (Wildman–Crippen LogP) is 1.66. The molecule has 1 amide bonds. The van der Waals surface area contributed by atoms with Crippen molar-refractivity contribution in [1.29, 1.82) is 0 Å². The summed E-state index contributed by atoms with van der Waals surface area (Å²) >= 11 is 3.27. The Labute approximate surface area is 127 Å². The van der Waals surface area contributed by atoms with E-state index in [1.807, 2.05) is 0 Å². The molecule has 0 atom stereocenters. The molecule has 0 bridgehead atoms. The van der Waals surface area contributed by atoms with Crippen molar-refractivity contribution in [1.82, 2.24) is 9.62 Å². The third-order valence-corrected chi connectivity index (χ3v) is 5.59. The van der Waals surface area contributed by atoms with Gasteiger partial charge in [-0.25, -0.2) is 8.42 Å². The highest BCUT2D eigenvalue weighted by Gasteiger charge is 2.28. The second kappa shape index (κ2) is 5.83. The standard InChI is InChI=1S/C13H17BrN2O3S/c1-9-3-4-10(14)7-12(9)20(18,19)16(2)8-13(17)15-11-5-6-11/h3-4,7,11H,5-6,8H2,1-2H3,(H,15,17). The first-order chi connectivity index (χ1) is 9.30. The predicted molar refractivity (Wildman–Crippen MR) is 79.9 cm³/mol. The van der Waals surface area contributed by atoms with E-state index in [0.717, 1.165) is 17.1 Å². The van der Waals surface area contributed by atoms with Crippen LogP contribution in [0.3, 0.4) is 0 Å². The maximum Gasteiger partial charge on any atom is 0.243 e. The lowest BCUT2D eigenvalue weighted by molar-refractivity contribution is -0.121. The average Bonchev–Trinajstić information content (AvgIpc) is 3.15. The van der Waals surface area contributed by atoms with Gasteiger partial charge >= 0.3 is 0 Å². The van der Waals surface area contributed by atoms with Crippen LogP contribution < -0.4 is 5.32 Å². The van der Waals surface area contributed by atoms with Crippen LogP contribution in [0.1, 0.15) is 18.4 Å². The summed E-state index contributed by atoms with van der Waals surface area (Å²) in [5, 5.41) is 2.78. The zero-order chi connectivity index (χ0) is 14.9. The molecule has 1 saturated carbocycles. The van der Waals surface area contributed by atoms with Gasteiger partial charge in [-0.3, -0.25) is 4.79 Å². The number of carbonyl (C=O) groups excluding carboxylic acids is 1. The van der Waals surface area contributed by atoms with E-state index < -0.39 is 10.0 Å². The minimum absolute atomic E-state index is 0.162. The summed E-state index contributed by atoms with van der Waals surface area (Å²) in [4.78, 5) is 11.9. The van der Waals surface area contributed by atoms with Crippen molar-refractivity contribution in [3.05, 3.63) is 28.2 Å². The zero-order valence-electron chi connectivity index (χ0n) is 11.4. The Morgan fingerprint density at radius 1 is 1.45 bits per heavy atom. The average molecular weight is 361 g/mol. The van der Waals surface area contributed by atoms with E-state index in [-0.39, 0.29) is 23.4 Å². The molecule has 5 nitrogen and oxygen atoms in total. The highest BCUT2D eigenvalue weighted by atomic mass is 79.9. The number of sulfonamides is 1. The smallest absolute Gasteiger partial charge is 0.243 e. The van der Waals surface area contributed by atoms with Gasteiger partial charge in [-0.2, -0.15) is 4.31 Å². The Morgan fingerprint density at radius 3 is 2.70 bits per heavy atom. The molecule has 0 aromatic heterocycles. The van der Waals surface area contributed by atoms with Gasteiger partial charge in [0.05, 0.1) is 11.4 Å². The normalized spacial score (nSPS) is 15.4. The van der Waals surface area contributed by atoms with Crippen molar-refractivity contribution < 1.29 is 13.2 Å². The largest absolute Gasteiger partial charge is 0.352 e. The number of amides is 1. The molecule has 1 aromatic carbocycles. The molecular weight excluding hydrogens is 344 g/mol. The summed E-state index contributed by atoms with van der Waals surface area (Å²) < 4.78 is 26.7. The molecule has 0 radical (unpaired) electrons. The van der Waals surface area contributed by atoms with Gasteiger partial charge in [-0.05, 0) is 37.5 Å². The van der Waals surface area contributed by atoms with Crippen molar-refractivity contribution in [2.75, 3.05) is 13.6 Å². The van der Waals surface area contributed by atoms with Crippen LogP contribution in [0.15, 0.2) is 27.6 Å². The lowest BCUT2D eigenvalue weighted by Crippen LogP contribution is -2.39. The van der Waals surface area contributed by atoms with Crippen LogP contribution in [-0.4, -0.2) is 38.3 Å². The van der Waals surface area contributed by atoms with E-state index in [9.17, 15) is 13.2 Å². The first-order valence-corrected chi connectivity index (χ1v) is 8.56. The number of hydrogen-bond acceptors (Lipinski definition) is 3. The minimum Gasteiger partial charge on any atom is -0.352 e. The first kappa shape index (κ1) is 15.5. The minimum atomic E-state index is -3.66. The number of benzene rings is 1. The number of aryl methyl sites for hydroxylation is 1. The molecule has 1 aliphatic rings. The van der Waals surface area contributed by atoms with Crippen molar-refractivity contribution in [3.63, 3.8) is 0 Å². The molecule has 0 aliphatic heterocycles. The number of likely N-dealkylation sites (N-methyl/N-ethyl adjacent to an activating group) is 1. The zero-order valence-corrected chi connectivity index (χ0v) is 13.8. The molecule has 1 aliphatic carbocycles. The van der Waals surface area contributed by atoms with Crippen molar-refractivity contribution in [2.45, 2.75) is 30.7 Å². The second-order valence-electron chi connectivity index (χ2n) is 5.01. The molecule has 110 valence electrons. The van der Waals surface area contributed by atoms with Gasteiger partial charge < -0.3 is 5.32 Å². The number of nitrogens with zero attached hydrogens (tertiary/aromatic N) is 1. The van der Waals surface area contributed by atoms with E-state index in [0.29, 0.717) is 10.0 Å². The van der Waals surface area contributed by atoms with Crippen molar-refractivity contribution in [2.24, 2.45) is 0 Å². The summed E-state index contributed by atoms with van der Waals surface area (Å²) in [6, 6.07) is 5.30. The van der Waals surface area contributed by atoms with E-state index in [4.69, 9.17) is 0 Å². The van der Waals surface area contributed by atoms with Gasteiger partial charge in [0.2, 0.25) is 15.9 Å². The van der Waals surface area contributed by atoms with Gasteiger partial charge in [0.1, 0.15) is 0 Å². The molecule has 7 heteroatoms. The first-order valence-electron chi connectivity index (χ1n) is 6.32. The van der Waals surface area contributed by atoms with Crippen LogP contribution >= 0.6 is 15.9 Å². The Hall–Kier alpha value is -0.920. The van der Waals surface area contributed by atoms with Crippen molar-refractivity contribution in [3.8, 4) is 0 Å². The molecule has 1 N–H and O–H groups in total. The topological polar surface area (TPSA) is 66.5 Å².